The molecular formula is C26H29ClN6S. The molecule has 0 radical (unpaired) electrons. The molecule has 1 fully saturated rings. The number of nitrogens with zero attached hydrogens (tertiary/aromatic N) is 4. The van der Waals surface area contributed by atoms with Gasteiger partial charge in [0.05, 0.1) is 0 Å². The van der Waals surface area contributed by atoms with Crippen molar-refractivity contribution in [1.29, 1.82) is 0 Å². The third-order valence-corrected chi connectivity index (χ3v) is 7.06. The Morgan fingerprint density at radius 2 is 1.59 bits per heavy atom. The van der Waals surface area contributed by atoms with Crippen molar-refractivity contribution in [2.45, 2.75) is 39.4 Å². The van der Waals surface area contributed by atoms with E-state index in [9.17, 15) is 0 Å². The lowest BCUT2D eigenvalue weighted by atomic mass is 9.99. The highest BCUT2D eigenvalue weighted by molar-refractivity contribution is 7.80. The van der Waals surface area contributed by atoms with E-state index in [1.165, 1.54) is 24.0 Å². The number of fused-ring (bicyclic) bond motifs is 1. The van der Waals surface area contributed by atoms with Crippen LogP contribution in [-0.2, 0) is 19.6 Å². The van der Waals surface area contributed by atoms with Crippen LogP contribution in [0, 0.1) is 5.92 Å². The van der Waals surface area contributed by atoms with Gasteiger partial charge in [-0.3, -0.25) is 0 Å². The number of anilines is 3. The maximum absolute atomic E-state index is 5.98. The standard InChI is InChI=1S/C26H29ClN6S/c1-18-10-12-32(13-11-18)23-14-24(33-16-20-4-2-3-5-21(20)17-33)30-25(29-23)31-26(34)28-15-19-6-8-22(27)9-7-19/h2-9,14,18H,10-13,15-17H2,1H3,(H2,28,29,30,31,34). The fourth-order valence-electron chi connectivity index (χ4n) is 4.47. The molecule has 5 rings (SSSR count). The van der Waals surface area contributed by atoms with Crippen molar-refractivity contribution in [3.05, 3.63) is 76.3 Å². The lowest BCUT2D eigenvalue weighted by Crippen LogP contribution is -2.34. The second-order valence-electron chi connectivity index (χ2n) is 9.14. The number of hydrogen-bond acceptors (Lipinski definition) is 5. The Bertz CT molecular complexity index is 1140. The van der Waals surface area contributed by atoms with Crippen LogP contribution in [0.2, 0.25) is 5.02 Å². The van der Waals surface area contributed by atoms with E-state index in [2.05, 4.69) is 57.7 Å². The van der Waals surface area contributed by atoms with E-state index >= 15 is 0 Å². The number of benzene rings is 2. The topological polar surface area (TPSA) is 56.3 Å². The summed E-state index contributed by atoms with van der Waals surface area (Å²) in [6.45, 7) is 6.64. The Morgan fingerprint density at radius 3 is 2.24 bits per heavy atom. The van der Waals surface area contributed by atoms with E-state index in [-0.39, 0.29) is 0 Å². The van der Waals surface area contributed by atoms with Gasteiger partial charge in [-0.05, 0) is 59.8 Å². The van der Waals surface area contributed by atoms with Gasteiger partial charge in [0.1, 0.15) is 11.6 Å². The van der Waals surface area contributed by atoms with E-state index in [4.69, 9.17) is 33.8 Å². The average molecular weight is 493 g/mol. The molecule has 0 amide bonds. The average Bonchev–Trinajstić information content (AvgIpc) is 3.28. The van der Waals surface area contributed by atoms with Crippen molar-refractivity contribution in [2.24, 2.45) is 5.92 Å². The SMILES string of the molecule is CC1CCN(c2cc(N3Cc4ccccc4C3)nc(NC(=S)NCc3ccc(Cl)cc3)n2)CC1. The molecule has 0 aliphatic carbocycles. The maximum Gasteiger partial charge on any atom is 0.232 e. The fourth-order valence-corrected chi connectivity index (χ4v) is 4.75. The number of nitrogens with one attached hydrogen (secondary N) is 2. The molecule has 2 aliphatic heterocycles. The molecule has 0 saturated carbocycles. The van der Waals surface area contributed by atoms with Crippen LogP contribution in [0.15, 0.2) is 54.6 Å². The number of rotatable bonds is 5. The predicted octanol–water partition coefficient (Wildman–Crippen LogP) is 5.37. The van der Waals surface area contributed by atoms with Gasteiger partial charge in [-0.15, -0.1) is 0 Å². The Balaban J connectivity index is 1.34. The first kappa shape index (κ1) is 22.9. The molecule has 3 heterocycles. The Kier molecular flexibility index (Phi) is 6.83. The van der Waals surface area contributed by atoms with Gasteiger partial charge in [0, 0.05) is 43.8 Å². The van der Waals surface area contributed by atoms with Crippen LogP contribution < -0.4 is 20.4 Å². The van der Waals surface area contributed by atoms with Crippen LogP contribution in [0.3, 0.4) is 0 Å². The quantitative estimate of drug-likeness (QED) is 0.464. The number of thiocarbonyl (C=S) groups is 1. The molecule has 0 spiro atoms. The van der Waals surface area contributed by atoms with Gasteiger partial charge in [-0.25, -0.2) is 0 Å². The van der Waals surface area contributed by atoms with Crippen molar-refractivity contribution in [3.8, 4) is 0 Å². The van der Waals surface area contributed by atoms with Crippen molar-refractivity contribution >= 4 is 46.5 Å². The highest BCUT2D eigenvalue weighted by Gasteiger charge is 2.23. The first-order chi connectivity index (χ1) is 16.5. The fraction of sp³-hybridized carbons (Fsp3) is 0.346. The summed E-state index contributed by atoms with van der Waals surface area (Å²) >= 11 is 11.5. The minimum atomic E-state index is 0.495. The Hall–Kier alpha value is -2.90. The highest BCUT2D eigenvalue weighted by Crippen LogP contribution is 2.31. The summed E-state index contributed by atoms with van der Waals surface area (Å²) in [5, 5.41) is 7.68. The van der Waals surface area contributed by atoms with Crippen LogP contribution in [-0.4, -0.2) is 28.2 Å². The van der Waals surface area contributed by atoms with Crippen LogP contribution >= 0.6 is 23.8 Å². The number of hydrogen-bond donors (Lipinski definition) is 2. The highest BCUT2D eigenvalue weighted by atomic mass is 35.5. The Morgan fingerprint density at radius 1 is 0.971 bits per heavy atom. The Labute approximate surface area is 211 Å². The van der Waals surface area contributed by atoms with E-state index in [0.717, 1.165) is 54.3 Å². The molecule has 0 unspecified atom stereocenters. The molecule has 0 atom stereocenters. The minimum Gasteiger partial charge on any atom is -0.358 e. The van der Waals surface area contributed by atoms with E-state index in [0.29, 0.717) is 17.6 Å². The molecular weight excluding hydrogens is 464 g/mol. The molecule has 2 N–H and O–H groups in total. The molecule has 1 aromatic heterocycles. The summed E-state index contributed by atoms with van der Waals surface area (Å²) < 4.78 is 0. The summed E-state index contributed by atoms with van der Waals surface area (Å²) in [6, 6.07) is 18.4. The van der Waals surface area contributed by atoms with Crippen molar-refractivity contribution < 1.29 is 0 Å². The molecule has 3 aromatic rings. The van der Waals surface area contributed by atoms with Crippen molar-refractivity contribution in [3.63, 3.8) is 0 Å². The summed E-state index contributed by atoms with van der Waals surface area (Å²) in [7, 11) is 0. The van der Waals surface area contributed by atoms with Crippen LogP contribution in [0.1, 0.15) is 36.5 Å². The van der Waals surface area contributed by atoms with Gasteiger partial charge in [0.25, 0.3) is 0 Å². The lowest BCUT2D eigenvalue weighted by molar-refractivity contribution is 0.436. The second kappa shape index (κ2) is 10.2. The normalized spacial score (nSPS) is 15.8. The van der Waals surface area contributed by atoms with E-state index < -0.39 is 0 Å². The first-order valence-electron chi connectivity index (χ1n) is 11.8. The van der Waals surface area contributed by atoms with Crippen molar-refractivity contribution in [2.75, 3.05) is 28.2 Å². The van der Waals surface area contributed by atoms with E-state index in [1.54, 1.807) is 0 Å². The molecule has 34 heavy (non-hydrogen) atoms. The van der Waals surface area contributed by atoms with Gasteiger partial charge < -0.3 is 20.4 Å². The van der Waals surface area contributed by atoms with Crippen LogP contribution in [0.25, 0.3) is 0 Å². The summed E-state index contributed by atoms with van der Waals surface area (Å²) in [5.74, 6) is 3.15. The van der Waals surface area contributed by atoms with Gasteiger partial charge in [0.2, 0.25) is 5.95 Å². The van der Waals surface area contributed by atoms with Gasteiger partial charge in [0.15, 0.2) is 5.11 Å². The largest absolute Gasteiger partial charge is 0.358 e. The van der Waals surface area contributed by atoms with Gasteiger partial charge in [-0.2, -0.15) is 9.97 Å². The van der Waals surface area contributed by atoms with E-state index in [1.807, 2.05) is 24.3 Å². The zero-order valence-corrected chi connectivity index (χ0v) is 20.9. The van der Waals surface area contributed by atoms with Gasteiger partial charge in [-0.1, -0.05) is 54.9 Å². The van der Waals surface area contributed by atoms with Crippen molar-refractivity contribution in [1.82, 2.24) is 15.3 Å². The molecule has 176 valence electrons. The van der Waals surface area contributed by atoms with Crippen LogP contribution in [0.4, 0.5) is 17.6 Å². The zero-order chi connectivity index (χ0) is 23.5. The first-order valence-corrected chi connectivity index (χ1v) is 12.6. The molecule has 1 saturated heterocycles. The molecule has 2 aliphatic rings. The van der Waals surface area contributed by atoms with Gasteiger partial charge >= 0.3 is 0 Å². The number of aromatic nitrogens is 2. The monoisotopic (exact) mass is 492 g/mol. The molecule has 0 bridgehead atoms. The third kappa shape index (κ3) is 5.42. The maximum atomic E-state index is 5.98. The minimum absolute atomic E-state index is 0.495. The predicted molar refractivity (Wildman–Crippen MR) is 143 cm³/mol. The smallest absolute Gasteiger partial charge is 0.232 e. The third-order valence-electron chi connectivity index (χ3n) is 6.56. The second-order valence-corrected chi connectivity index (χ2v) is 9.98. The summed E-state index contributed by atoms with van der Waals surface area (Å²) in [6.07, 6.45) is 2.36. The summed E-state index contributed by atoms with van der Waals surface area (Å²) in [4.78, 5) is 14.4. The molecule has 6 nitrogen and oxygen atoms in total. The zero-order valence-electron chi connectivity index (χ0n) is 19.3. The lowest BCUT2D eigenvalue weighted by Gasteiger charge is -2.32. The number of piperidine rings is 1. The number of halogens is 1. The molecule has 2 aromatic carbocycles. The molecule has 8 heteroatoms. The van der Waals surface area contributed by atoms with Crippen LogP contribution in [0.5, 0.6) is 0 Å². The summed E-state index contributed by atoms with van der Waals surface area (Å²) in [5.41, 5.74) is 3.80.